The molecular weight excluding hydrogens is 242 g/mol. The molecule has 19 heavy (non-hydrogen) atoms. The SMILES string of the molecule is Cc1cc2c(cc1-c1c(CN)ncn1C)OCCO2. The molecule has 0 amide bonds. The highest BCUT2D eigenvalue weighted by Crippen LogP contribution is 2.37. The van der Waals surface area contributed by atoms with Crippen LogP contribution in [0.25, 0.3) is 11.3 Å². The number of ether oxygens (including phenoxy) is 2. The molecule has 3 rings (SSSR count). The zero-order chi connectivity index (χ0) is 13.4. The van der Waals surface area contributed by atoms with Gasteiger partial charge in [0.1, 0.15) is 13.2 Å². The lowest BCUT2D eigenvalue weighted by Crippen LogP contribution is -2.15. The maximum Gasteiger partial charge on any atom is 0.162 e. The zero-order valence-electron chi connectivity index (χ0n) is 11.1. The Balaban J connectivity index is 2.17. The first-order valence-electron chi connectivity index (χ1n) is 6.31. The van der Waals surface area contributed by atoms with Gasteiger partial charge < -0.3 is 19.8 Å². The van der Waals surface area contributed by atoms with Gasteiger partial charge in [-0.05, 0) is 24.6 Å². The van der Waals surface area contributed by atoms with Crippen LogP contribution in [0.1, 0.15) is 11.3 Å². The minimum Gasteiger partial charge on any atom is -0.486 e. The number of nitrogens with zero attached hydrogens (tertiary/aromatic N) is 2. The van der Waals surface area contributed by atoms with Gasteiger partial charge in [-0.15, -0.1) is 0 Å². The molecule has 5 heteroatoms. The van der Waals surface area contributed by atoms with E-state index >= 15 is 0 Å². The van der Waals surface area contributed by atoms with Gasteiger partial charge in [-0.3, -0.25) is 0 Å². The Labute approximate surface area is 112 Å². The van der Waals surface area contributed by atoms with Gasteiger partial charge in [0.15, 0.2) is 11.5 Å². The van der Waals surface area contributed by atoms with Crippen LogP contribution >= 0.6 is 0 Å². The van der Waals surface area contributed by atoms with Crippen LogP contribution in [0, 0.1) is 6.92 Å². The molecule has 0 saturated carbocycles. The predicted molar refractivity (Wildman–Crippen MR) is 72.3 cm³/mol. The van der Waals surface area contributed by atoms with E-state index in [1.165, 1.54) is 0 Å². The Morgan fingerprint density at radius 3 is 2.63 bits per heavy atom. The van der Waals surface area contributed by atoms with Crippen molar-refractivity contribution in [2.45, 2.75) is 13.5 Å². The average molecular weight is 259 g/mol. The number of rotatable bonds is 2. The minimum atomic E-state index is 0.421. The number of benzene rings is 1. The number of aromatic nitrogens is 2. The topological polar surface area (TPSA) is 62.3 Å². The van der Waals surface area contributed by atoms with Crippen molar-refractivity contribution in [2.24, 2.45) is 12.8 Å². The van der Waals surface area contributed by atoms with Crippen molar-refractivity contribution in [1.82, 2.24) is 9.55 Å². The summed E-state index contributed by atoms with van der Waals surface area (Å²) in [6.07, 6.45) is 1.79. The molecule has 2 aromatic rings. The van der Waals surface area contributed by atoms with E-state index in [0.717, 1.165) is 34.0 Å². The van der Waals surface area contributed by atoms with E-state index in [0.29, 0.717) is 19.8 Å². The molecule has 1 aromatic heterocycles. The van der Waals surface area contributed by atoms with Gasteiger partial charge in [0.2, 0.25) is 0 Å². The fraction of sp³-hybridized carbons (Fsp3) is 0.357. The molecule has 0 radical (unpaired) electrons. The second kappa shape index (κ2) is 4.59. The van der Waals surface area contributed by atoms with Gasteiger partial charge in [0, 0.05) is 19.2 Å². The van der Waals surface area contributed by atoms with Crippen molar-refractivity contribution in [3.05, 3.63) is 29.7 Å². The third-order valence-electron chi connectivity index (χ3n) is 3.35. The summed E-state index contributed by atoms with van der Waals surface area (Å²) >= 11 is 0. The molecular formula is C14H17N3O2. The van der Waals surface area contributed by atoms with Gasteiger partial charge in [-0.1, -0.05) is 0 Å². The molecule has 0 atom stereocenters. The Kier molecular flexibility index (Phi) is 2.91. The van der Waals surface area contributed by atoms with Gasteiger partial charge >= 0.3 is 0 Å². The third kappa shape index (κ3) is 1.96. The summed E-state index contributed by atoms with van der Waals surface area (Å²) in [7, 11) is 1.97. The summed E-state index contributed by atoms with van der Waals surface area (Å²) < 4.78 is 13.2. The quantitative estimate of drug-likeness (QED) is 0.890. The van der Waals surface area contributed by atoms with Crippen LogP contribution in [-0.4, -0.2) is 22.8 Å². The summed E-state index contributed by atoms with van der Waals surface area (Å²) in [4.78, 5) is 4.33. The van der Waals surface area contributed by atoms with Gasteiger partial charge in [-0.2, -0.15) is 0 Å². The van der Waals surface area contributed by atoms with E-state index in [4.69, 9.17) is 15.2 Å². The van der Waals surface area contributed by atoms with E-state index < -0.39 is 0 Å². The average Bonchev–Trinajstić information content (AvgIpc) is 2.79. The van der Waals surface area contributed by atoms with Crippen molar-refractivity contribution >= 4 is 0 Å². The maximum absolute atomic E-state index is 5.76. The Hall–Kier alpha value is -2.01. The van der Waals surface area contributed by atoms with Crippen molar-refractivity contribution in [3.63, 3.8) is 0 Å². The Morgan fingerprint density at radius 1 is 1.26 bits per heavy atom. The van der Waals surface area contributed by atoms with Crippen LogP contribution in [-0.2, 0) is 13.6 Å². The fourth-order valence-corrected chi connectivity index (χ4v) is 2.42. The van der Waals surface area contributed by atoms with Crippen molar-refractivity contribution in [2.75, 3.05) is 13.2 Å². The van der Waals surface area contributed by atoms with Crippen LogP contribution in [0.15, 0.2) is 18.5 Å². The normalized spacial score (nSPS) is 13.6. The molecule has 5 nitrogen and oxygen atoms in total. The fourth-order valence-electron chi connectivity index (χ4n) is 2.42. The molecule has 0 saturated heterocycles. The monoisotopic (exact) mass is 259 g/mol. The van der Waals surface area contributed by atoms with Crippen LogP contribution in [0.5, 0.6) is 11.5 Å². The lowest BCUT2D eigenvalue weighted by Gasteiger charge is -2.20. The molecule has 0 fully saturated rings. The molecule has 1 aliphatic heterocycles. The first kappa shape index (κ1) is 12.0. The van der Waals surface area contributed by atoms with E-state index in [1.54, 1.807) is 6.33 Å². The van der Waals surface area contributed by atoms with Gasteiger partial charge in [0.05, 0.1) is 17.7 Å². The summed E-state index contributed by atoms with van der Waals surface area (Å²) in [5.41, 5.74) is 9.90. The zero-order valence-corrected chi connectivity index (χ0v) is 11.1. The summed E-state index contributed by atoms with van der Waals surface area (Å²) in [6.45, 7) is 3.67. The lowest BCUT2D eigenvalue weighted by molar-refractivity contribution is 0.171. The molecule has 0 spiro atoms. The molecule has 1 aliphatic rings. The number of fused-ring (bicyclic) bond motifs is 1. The second-order valence-electron chi connectivity index (χ2n) is 4.67. The van der Waals surface area contributed by atoms with E-state index in [1.807, 2.05) is 23.7 Å². The second-order valence-corrected chi connectivity index (χ2v) is 4.67. The van der Waals surface area contributed by atoms with Crippen LogP contribution in [0.3, 0.4) is 0 Å². The van der Waals surface area contributed by atoms with Crippen molar-refractivity contribution in [1.29, 1.82) is 0 Å². The Bertz CT molecular complexity index is 619. The molecule has 0 unspecified atom stereocenters. The molecule has 0 aliphatic carbocycles. The highest BCUT2D eigenvalue weighted by molar-refractivity contribution is 5.70. The molecule has 0 bridgehead atoms. The lowest BCUT2D eigenvalue weighted by atomic mass is 10.0. The summed E-state index contributed by atoms with van der Waals surface area (Å²) in [5.74, 6) is 1.60. The summed E-state index contributed by atoms with van der Waals surface area (Å²) in [6, 6.07) is 4.02. The largest absolute Gasteiger partial charge is 0.486 e. The molecule has 2 heterocycles. The van der Waals surface area contributed by atoms with Gasteiger partial charge in [-0.25, -0.2) is 4.98 Å². The first-order valence-corrected chi connectivity index (χ1v) is 6.31. The standard InChI is InChI=1S/C14H17N3O2/c1-9-5-12-13(19-4-3-18-12)6-10(9)14-11(7-15)16-8-17(14)2/h5-6,8H,3-4,7,15H2,1-2H3. The minimum absolute atomic E-state index is 0.421. The highest BCUT2D eigenvalue weighted by Gasteiger charge is 2.18. The van der Waals surface area contributed by atoms with E-state index in [-0.39, 0.29) is 0 Å². The Morgan fingerprint density at radius 2 is 1.95 bits per heavy atom. The highest BCUT2D eigenvalue weighted by atomic mass is 16.6. The van der Waals surface area contributed by atoms with E-state index in [9.17, 15) is 0 Å². The smallest absolute Gasteiger partial charge is 0.162 e. The van der Waals surface area contributed by atoms with Crippen LogP contribution in [0.2, 0.25) is 0 Å². The molecule has 100 valence electrons. The number of hydrogen-bond donors (Lipinski definition) is 1. The van der Waals surface area contributed by atoms with Crippen molar-refractivity contribution < 1.29 is 9.47 Å². The number of nitrogens with two attached hydrogens (primary N) is 1. The maximum atomic E-state index is 5.76. The third-order valence-corrected chi connectivity index (χ3v) is 3.35. The first-order chi connectivity index (χ1) is 9.20. The molecule has 1 aromatic carbocycles. The van der Waals surface area contributed by atoms with Crippen molar-refractivity contribution in [3.8, 4) is 22.8 Å². The number of aryl methyl sites for hydroxylation is 2. The number of hydrogen-bond acceptors (Lipinski definition) is 4. The predicted octanol–water partition coefficient (Wildman–Crippen LogP) is 1.63. The molecule has 2 N–H and O–H groups in total. The van der Waals surface area contributed by atoms with Crippen LogP contribution < -0.4 is 15.2 Å². The van der Waals surface area contributed by atoms with E-state index in [2.05, 4.69) is 11.9 Å². The van der Waals surface area contributed by atoms with Crippen LogP contribution in [0.4, 0.5) is 0 Å². The summed E-state index contributed by atoms with van der Waals surface area (Å²) in [5, 5.41) is 0. The number of imidazole rings is 1. The van der Waals surface area contributed by atoms with Gasteiger partial charge in [0.25, 0.3) is 0 Å².